The Hall–Kier alpha value is -2.21. The minimum atomic E-state index is 0.719. The highest BCUT2D eigenvalue weighted by Crippen LogP contribution is 2.21. The number of nitrogens with zero attached hydrogens (tertiary/aromatic N) is 5. The molecule has 2 aromatic heterocycles. The Bertz CT molecular complexity index is 987. The van der Waals surface area contributed by atoms with E-state index in [0.29, 0.717) is 0 Å². The number of aromatic nitrogens is 2. The molecule has 1 atom stereocenters. The molecule has 0 spiro atoms. The first kappa shape index (κ1) is 19.7. The zero-order valence-corrected chi connectivity index (χ0v) is 18.3. The molecule has 30 heavy (non-hydrogen) atoms. The number of aryl methyl sites for hydroxylation is 2. The lowest BCUT2D eigenvalue weighted by Crippen LogP contribution is -2.50. The summed E-state index contributed by atoms with van der Waals surface area (Å²) in [6, 6.07) is 16.0. The fourth-order valence-electron chi connectivity index (χ4n) is 5.10. The van der Waals surface area contributed by atoms with Crippen molar-refractivity contribution < 1.29 is 0 Å². The summed E-state index contributed by atoms with van der Waals surface area (Å²) in [4.78, 5) is 12.7. The number of benzene rings is 1. The van der Waals surface area contributed by atoms with Crippen molar-refractivity contribution in [3.05, 3.63) is 71.2 Å². The average molecular weight is 404 g/mol. The summed E-state index contributed by atoms with van der Waals surface area (Å²) >= 11 is 0. The highest BCUT2D eigenvalue weighted by molar-refractivity contribution is 5.45. The Morgan fingerprint density at radius 3 is 2.50 bits per heavy atom. The summed E-state index contributed by atoms with van der Waals surface area (Å²) < 4.78 is 2.27. The molecule has 1 aromatic carbocycles. The molecule has 1 unspecified atom stereocenters. The van der Waals surface area contributed by atoms with Gasteiger partial charge in [0, 0.05) is 64.6 Å². The van der Waals surface area contributed by atoms with Gasteiger partial charge in [0.15, 0.2) is 0 Å². The van der Waals surface area contributed by atoms with E-state index in [1.54, 1.807) is 0 Å². The van der Waals surface area contributed by atoms with Crippen LogP contribution >= 0.6 is 0 Å². The monoisotopic (exact) mass is 403 g/mol. The van der Waals surface area contributed by atoms with Gasteiger partial charge in [-0.05, 0) is 43.5 Å². The number of fused-ring (bicyclic) bond motifs is 1. The topological polar surface area (TPSA) is 27.0 Å². The molecule has 158 valence electrons. The van der Waals surface area contributed by atoms with Crippen LogP contribution in [0.3, 0.4) is 0 Å². The fraction of sp³-hybridized carbons (Fsp3) is 0.480. The van der Waals surface area contributed by atoms with Gasteiger partial charge in [-0.2, -0.15) is 0 Å². The minimum absolute atomic E-state index is 0.719. The van der Waals surface area contributed by atoms with Crippen molar-refractivity contribution in [2.24, 2.45) is 0 Å². The first-order valence-electron chi connectivity index (χ1n) is 11.3. The van der Waals surface area contributed by atoms with Gasteiger partial charge in [-0.3, -0.25) is 14.7 Å². The van der Waals surface area contributed by atoms with Gasteiger partial charge in [-0.1, -0.05) is 30.3 Å². The van der Waals surface area contributed by atoms with Gasteiger partial charge in [0.1, 0.15) is 5.65 Å². The number of imidazole rings is 1. The summed E-state index contributed by atoms with van der Waals surface area (Å²) in [5.41, 5.74) is 6.28. The molecule has 2 saturated heterocycles. The van der Waals surface area contributed by atoms with E-state index in [0.717, 1.165) is 43.6 Å². The number of likely N-dealkylation sites (tertiary alicyclic amines) is 1. The van der Waals surface area contributed by atoms with Crippen molar-refractivity contribution in [3.63, 3.8) is 0 Å². The van der Waals surface area contributed by atoms with Crippen LogP contribution in [-0.4, -0.2) is 69.4 Å². The van der Waals surface area contributed by atoms with Gasteiger partial charge in [0.2, 0.25) is 0 Å². The van der Waals surface area contributed by atoms with Crippen molar-refractivity contribution in [1.82, 2.24) is 24.1 Å². The zero-order valence-electron chi connectivity index (χ0n) is 18.3. The van der Waals surface area contributed by atoms with Gasteiger partial charge in [0.05, 0.1) is 11.4 Å². The van der Waals surface area contributed by atoms with Crippen LogP contribution in [0.15, 0.2) is 48.7 Å². The highest BCUT2D eigenvalue weighted by atomic mass is 15.3. The molecule has 0 bridgehead atoms. The third-order valence-electron chi connectivity index (χ3n) is 6.87. The molecule has 5 nitrogen and oxygen atoms in total. The van der Waals surface area contributed by atoms with Crippen LogP contribution in [0.25, 0.3) is 5.65 Å². The number of piperazine rings is 1. The fourth-order valence-corrected chi connectivity index (χ4v) is 5.10. The van der Waals surface area contributed by atoms with Gasteiger partial charge < -0.3 is 4.40 Å². The third kappa shape index (κ3) is 4.15. The number of hydrogen-bond acceptors (Lipinski definition) is 4. The first-order chi connectivity index (χ1) is 14.7. The second kappa shape index (κ2) is 8.50. The van der Waals surface area contributed by atoms with Crippen LogP contribution in [0.2, 0.25) is 0 Å². The maximum atomic E-state index is 4.78. The molecule has 3 aromatic rings. The summed E-state index contributed by atoms with van der Waals surface area (Å²) in [5, 5.41) is 0. The predicted molar refractivity (Wildman–Crippen MR) is 122 cm³/mol. The lowest BCUT2D eigenvalue weighted by atomic mass is 10.2. The molecule has 0 aliphatic carbocycles. The summed E-state index contributed by atoms with van der Waals surface area (Å²) in [6.45, 7) is 13.4. The molecule has 5 heteroatoms. The van der Waals surface area contributed by atoms with Gasteiger partial charge in [0.25, 0.3) is 0 Å². The van der Waals surface area contributed by atoms with E-state index < -0.39 is 0 Å². The van der Waals surface area contributed by atoms with Crippen LogP contribution < -0.4 is 0 Å². The van der Waals surface area contributed by atoms with Crippen LogP contribution in [0.1, 0.15) is 28.9 Å². The summed E-state index contributed by atoms with van der Waals surface area (Å²) in [7, 11) is 0. The van der Waals surface area contributed by atoms with Gasteiger partial charge in [-0.15, -0.1) is 0 Å². The van der Waals surface area contributed by atoms with Crippen molar-refractivity contribution >= 4 is 5.65 Å². The second-order valence-corrected chi connectivity index (χ2v) is 9.05. The Labute approximate surface area is 179 Å². The van der Waals surface area contributed by atoms with E-state index in [4.69, 9.17) is 4.98 Å². The number of pyridine rings is 1. The standard InChI is InChI=1S/C25H33N5/c1-20-8-11-30-24(21(2)26-25(30)16-20)19-27-12-14-29(15-13-27)23-9-10-28(18-23)17-22-6-4-3-5-7-22/h3-8,11,16,23H,9-10,12-15,17-19H2,1-2H3. The molecule has 0 radical (unpaired) electrons. The van der Waals surface area contributed by atoms with Crippen LogP contribution in [0.5, 0.6) is 0 Å². The molecule has 2 aliphatic rings. The molecular weight excluding hydrogens is 370 g/mol. The van der Waals surface area contributed by atoms with Crippen molar-refractivity contribution in [1.29, 1.82) is 0 Å². The van der Waals surface area contributed by atoms with E-state index in [2.05, 4.69) is 81.6 Å². The average Bonchev–Trinajstić information content (AvgIpc) is 3.33. The molecular formula is C25H33N5. The summed E-state index contributed by atoms with van der Waals surface area (Å²) in [5.74, 6) is 0. The SMILES string of the molecule is Cc1ccn2c(CN3CCN(C4CCN(Cc5ccccc5)C4)CC3)c(C)nc2c1. The van der Waals surface area contributed by atoms with Gasteiger partial charge in [-0.25, -0.2) is 4.98 Å². The molecule has 0 N–H and O–H groups in total. The number of rotatable bonds is 5. The third-order valence-corrected chi connectivity index (χ3v) is 6.87. The molecule has 0 saturated carbocycles. The molecule has 0 amide bonds. The Balaban J connectivity index is 1.15. The lowest BCUT2D eigenvalue weighted by molar-refractivity contribution is 0.0922. The van der Waals surface area contributed by atoms with Crippen LogP contribution in [0, 0.1) is 13.8 Å². The largest absolute Gasteiger partial charge is 0.302 e. The van der Waals surface area contributed by atoms with Crippen molar-refractivity contribution in [3.8, 4) is 0 Å². The smallest absolute Gasteiger partial charge is 0.137 e. The Morgan fingerprint density at radius 2 is 1.70 bits per heavy atom. The highest BCUT2D eigenvalue weighted by Gasteiger charge is 2.30. The first-order valence-corrected chi connectivity index (χ1v) is 11.3. The summed E-state index contributed by atoms with van der Waals surface area (Å²) in [6.07, 6.45) is 3.48. The minimum Gasteiger partial charge on any atom is -0.302 e. The molecule has 4 heterocycles. The van der Waals surface area contributed by atoms with E-state index in [-0.39, 0.29) is 0 Å². The zero-order chi connectivity index (χ0) is 20.5. The van der Waals surface area contributed by atoms with Gasteiger partial charge >= 0.3 is 0 Å². The Morgan fingerprint density at radius 1 is 0.900 bits per heavy atom. The molecule has 5 rings (SSSR count). The van der Waals surface area contributed by atoms with E-state index in [1.807, 2.05) is 0 Å². The van der Waals surface area contributed by atoms with Crippen molar-refractivity contribution in [2.45, 2.75) is 39.4 Å². The van der Waals surface area contributed by atoms with E-state index >= 15 is 0 Å². The lowest BCUT2D eigenvalue weighted by Gasteiger charge is -2.38. The quantitative estimate of drug-likeness (QED) is 0.653. The Kier molecular flexibility index (Phi) is 5.59. The van der Waals surface area contributed by atoms with Crippen molar-refractivity contribution in [2.75, 3.05) is 39.3 Å². The normalized spacial score (nSPS) is 21.6. The predicted octanol–water partition coefficient (Wildman–Crippen LogP) is 3.34. The van der Waals surface area contributed by atoms with Crippen LogP contribution in [-0.2, 0) is 13.1 Å². The molecule has 2 aliphatic heterocycles. The van der Waals surface area contributed by atoms with E-state index in [9.17, 15) is 0 Å². The molecule has 2 fully saturated rings. The van der Waals surface area contributed by atoms with Crippen LogP contribution in [0.4, 0.5) is 0 Å². The second-order valence-electron chi connectivity index (χ2n) is 9.05. The van der Waals surface area contributed by atoms with E-state index in [1.165, 1.54) is 49.4 Å². The maximum Gasteiger partial charge on any atom is 0.137 e. The number of hydrogen-bond donors (Lipinski definition) is 0. The maximum absolute atomic E-state index is 4.78.